The maximum Gasteiger partial charge on any atom is 0.452 e. The molecule has 0 aliphatic heterocycles. The van der Waals surface area contributed by atoms with Gasteiger partial charge in [-0.15, -0.1) is 0 Å². The van der Waals surface area contributed by atoms with Gasteiger partial charge in [-0.1, -0.05) is 20.8 Å². The zero-order chi connectivity index (χ0) is 13.3. The minimum atomic E-state index is -4.53. The van der Waals surface area contributed by atoms with Gasteiger partial charge in [0.1, 0.15) is 0 Å². The summed E-state index contributed by atoms with van der Waals surface area (Å²) in [7, 11) is 0. The van der Waals surface area contributed by atoms with Crippen LogP contribution in [-0.4, -0.2) is 27.1 Å². The highest BCUT2D eigenvalue weighted by Crippen LogP contribution is 2.30. The fourth-order valence-corrected chi connectivity index (χ4v) is 1.72. The standard InChI is InChI=1S/C9H14F3N3OS/c1-8(2,3)5(4-16)13-7-14-6(15-17-7)9(10,11)12/h5,16H,4H2,1-3H3,(H,13,14,15). The molecule has 0 spiro atoms. The SMILES string of the molecule is CC(C)(C)C(CO)Nc1nc(C(F)(F)F)ns1. The minimum absolute atomic E-state index is 0.0614. The first kappa shape index (κ1) is 14.2. The van der Waals surface area contributed by atoms with Gasteiger partial charge >= 0.3 is 6.18 Å². The van der Waals surface area contributed by atoms with E-state index in [2.05, 4.69) is 14.7 Å². The third kappa shape index (κ3) is 3.81. The average molecular weight is 269 g/mol. The second-order valence-corrected chi connectivity index (χ2v) is 5.42. The Hall–Kier alpha value is -0.890. The lowest BCUT2D eigenvalue weighted by molar-refractivity contribution is -0.144. The van der Waals surface area contributed by atoms with Crippen molar-refractivity contribution >= 4 is 16.7 Å². The number of hydrogen-bond acceptors (Lipinski definition) is 5. The van der Waals surface area contributed by atoms with Crippen molar-refractivity contribution in [3.63, 3.8) is 0 Å². The van der Waals surface area contributed by atoms with Crippen molar-refractivity contribution in [1.29, 1.82) is 0 Å². The van der Waals surface area contributed by atoms with E-state index < -0.39 is 12.0 Å². The lowest BCUT2D eigenvalue weighted by atomic mass is 9.87. The largest absolute Gasteiger partial charge is 0.452 e. The predicted molar refractivity (Wildman–Crippen MR) is 58.9 cm³/mol. The Balaban J connectivity index is 2.79. The maximum absolute atomic E-state index is 12.3. The number of aromatic nitrogens is 2. The van der Waals surface area contributed by atoms with E-state index >= 15 is 0 Å². The van der Waals surface area contributed by atoms with Crippen LogP contribution in [0.25, 0.3) is 0 Å². The van der Waals surface area contributed by atoms with Crippen LogP contribution >= 0.6 is 11.5 Å². The Bertz CT molecular complexity index is 372. The third-order valence-corrected chi connectivity index (χ3v) is 2.85. The average Bonchev–Trinajstić information content (AvgIpc) is 2.59. The first-order valence-corrected chi connectivity index (χ1v) is 5.70. The van der Waals surface area contributed by atoms with Gasteiger partial charge in [0.25, 0.3) is 0 Å². The summed E-state index contributed by atoms with van der Waals surface area (Å²) < 4.78 is 40.0. The van der Waals surface area contributed by atoms with Crippen molar-refractivity contribution in [3.05, 3.63) is 5.82 Å². The second kappa shape index (κ2) is 4.77. The van der Waals surface area contributed by atoms with Gasteiger partial charge in [-0.05, 0) is 5.41 Å². The molecule has 1 aromatic heterocycles. The first-order chi connectivity index (χ1) is 7.64. The van der Waals surface area contributed by atoms with E-state index in [0.29, 0.717) is 11.5 Å². The molecule has 1 rings (SSSR count). The smallest absolute Gasteiger partial charge is 0.394 e. The van der Waals surface area contributed by atoms with Crippen molar-refractivity contribution in [2.75, 3.05) is 11.9 Å². The van der Waals surface area contributed by atoms with Crippen molar-refractivity contribution in [2.45, 2.75) is 33.0 Å². The number of hydrogen-bond donors (Lipinski definition) is 2. The van der Waals surface area contributed by atoms with Crippen molar-refractivity contribution in [1.82, 2.24) is 9.36 Å². The van der Waals surface area contributed by atoms with Crippen LogP contribution in [0.3, 0.4) is 0 Å². The summed E-state index contributed by atoms with van der Waals surface area (Å²) in [6.07, 6.45) is -4.53. The fourth-order valence-electron chi connectivity index (χ4n) is 1.08. The number of aliphatic hydroxyl groups excluding tert-OH is 1. The predicted octanol–water partition coefficient (Wildman–Crippen LogP) is 2.38. The summed E-state index contributed by atoms with van der Waals surface area (Å²) in [6, 6.07) is -0.378. The Morgan fingerprint density at radius 1 is 1.35 bits per heavy atom. The van der Waals surface area contributed by atoms with E-state index in [9.17, 15) is 13.2 Å². The highest BCUT2D eigenvalue weighted by atomic mass is 32.1. The summed E-state index contributed by atoms with van der Waals surface area (Å²) in [5.41, 5.74) is -0.293. The van der Waals surface area contributed by atoms with Gasteiger partial charge in [0, 0.05) is 11.5 Å². The Morgan fingerprint density at radius 2 is 1.94 bits per heavy atom. The van der Waals surface area contributed by atoms with Crippen molar-refractivity contribution in [2.24, 2.45) is 5.41 Å². The molecule has 4 nitrogen and oxygen atoms in total. The number of aliphatic hydroxyl groups is 1. The quantitative estimate of drug-likeness (QED) is 0.884. The summed E-state index contributed by atoms with van der Waals surface area (Å²) in [5, 5.41) is 12.0. The molecule has 1 unspecified atom stereocenters. The molecule has 0 aliphatic rings. The number of anilines is 1. The molecule has 0 radical (unpaired) electrons. The fraction of sp³-hybridized carbons (Fsp3) is 0.778. The van der Waals surface area contributed by atoms with Crippen molar-refractivity contribution in [3.8, 4) is 0 Å². The van der Waals surface area contributed by atoms with E-state index in [-0.39, 0.29) is 23.2 Å². The molecule has 1 aromatic rings. The molecule has 0 bridgehead atoms. The number of alkyl halides is 3. The number of halogens is 3. The molecule has 1 heterocycles. The van der Waals surface area contributed by atoms with Crippen LogP contribution < -0.4 is 5.32 Å². The van der Waals surface area contributed by atoms with Gasteiger partial charge in [-0.3, -0.25) is 0 Å². The van der Waals surface area contributed by atoms with E-state index in [4.69, 9.17) is 5.11 Å². The Kier molecular flexibility index (Phi) is 3.98. The third-order valence-electron chi connectivity index (χ3n) is 2.21. The molecule has 0 aromatic carbocycles. The lowest BCUT2D eigenvalue weighted by Crippen LogP contribution is -2.37. The van der Waals surface area contributed by atoms with Crippen LogP contribution in [0.4, 0.5) is 18.3 Å². The molecule has 98 valence electrons. The van der Waals surface area contributed by atoms with Crippen molar-refractivity contribution < 1.29 is 18.3 Å². The summed E-state index contributed by atoms with van der Waals surface area (Å²) in [4.78, 5) is 3.34. The van der Waals surface area contributed by atoms with Gasteiger partial charge in [0.2, 0.25) is 11.0 Å². The van der Waals surface area contributed by atoms with E-state index in [0.717, 1.165) is 0 Å². The molecular formula is C9H14F3N3OS. The van der Waals surface area contributed by atoms with Gasteiger partial charge < -0.3 is 10.4 Å². The van der Waals surface area contributed by atoms with Crippen LogP contribution in [0.5, 0.6) is 0 Å². The monoisotopic (exact) mass is 269 g/mol. The topological polar surface area (TPSA) is 58.0 Å². The van der Waals surface area contributed by atoms with Crippen LogP contribution in [-0.2, 0) is 6.18 Å². The minimum Gasteiger partial charge on any atom is -0.394 e. The van der Waals surface area contributed by atoms with E-state index in [1.54, 1.807) is 0 Å². The molecule has 1 atom stereocenters. The number of nitrogens with zero attached hydrogens (tertiary/aromatic N) is 2. The van der Waals surface area contributed by atoms with E-state index in [1.165, 1.54) is 0 Å². The van der Waals surface area contributed by atoms with Gasteiger partial charge in [0.15, 0.2) is 0 Å². The van der Waals surface area contributed by atoms with Crippen LogP contribution in [0.2, 0.25) is 0 Å². The molecule has 8 heteroatoms. The van der Waals surface area contributed by atoms with Gasteiger partial charge in [0.05, 0.1) is 12.6 Å². The molecule has 0 amide bonds. The Morgan fingerprint density at radius 3 is 2.29 bits per heavy atom. The molecule has 2 N–H and O–H groups in total. The molecule has 0 aliphatic carbocycles. The molecule has 0 saturated heterocycles. The number of nitrogens with one attached hydrogen (secondary N) is 1. The summed E-state index contributed by atoms with van der Waals surface area (Å²) in [5.74, 6) is -1.16. The molecule has 17 heavy (non-hydrogen) atoms. The second-order valence-electron chi connectivity index (χ2n) is 4.67. The zero-order valence-electron chi connectivity index (χ0n) is 9.67. The Labute approximate surface area is 101 Å². The van der Waals surface area contributed by atoms with Crippen LogP contribution in [0.15, 0.2) is 0 Å². The highest BCUT2D eigenvalue weighted by molar-refractivity contribution is 7.09. The normalized spacial score (nSPS) is 14.8. The first-order valence-electron chi connectivity index (χ1n) is 4.93. The van der Waals surface area contributed by atoms with E-state index in [1.807, 2.05) is 20.8 Å². The molecule has 0 fully saturated rings. The lowest BCUT2D eigenvalue weighted by Gasteiger charge is -2.29. The molecular weight excluding hydrogens is 255 g/mol. The summed E-state index contributed by atoms with van der Waals surface area (Å²) in [6.45, 7) is 5.41. The van der Waals surface area contributed by atoms with Crippen LogP contribution in [0, 0.1) is 5.41 Å². The maximum atomic E-state index is 12.3. The zero-order valence-corrected chi connectivity index (χ0v) is 10.5. The molecule has 0 saturated carbocycles. The van der Waals surface area contributed by atoms with Crippen LogP contribution in [0.1, 0.15) is 26.6 Å². The van der Waals surface area contributed by atoms with Gasteiger partial charge in [-0.25, -0.2) is 0 Å². The summed E-state index contributed by atoms with van der Waals surface area (Å²) >= 11 is 0.633. The number of rotatable bonds is 3. The highest BCUT2D eigenvalue weighted by Gasteiger charge is 2.36. The van der Waals surface area contributed by atoms with Gasteiger partial charge in [-0.2, -0.15) is 22.5 Å².